The zero-order valence-electron chi connectivity index (χ0n) is 16.1. The number of hydrogen-bond acceptors (Lipinski definition) is 2. The molecular weight excluding hydrogens is 460 g/mol. The predicted molar refractivity (Wildman–Crippen MR) is 117 cm³/mol. The fraction of sp³-hybridized carbons (Fsp3) is 0.400. The molecule has 1 aliphatic rings. The topological polar surface area (TPSA) is 32.3 Å². The van der Waals surface area contributed by atoms with E-state index in [1.807, 2.05) is 0 Å². The number of rotatable bonds is 4. The Labute approximate surface area is 172 Å². The van der Waals surface area contributed by atoms with E-state index >= 15 is 0 Å². The van der Waals surface area contributed by atoms with Crippen LogP contribution in [0.5, 0.6) is 0 Å². The van der Waals surface area contributed by atoms with Crippen molar-refractivity contribution in [3.8, 4) is 11.1 Å². The largest absolute Gasteiger partial charge is 0.147 e. The van der Waals surface area contributed by atoms with Gasteiger partial charge in [-0.2, -0.15) is 0 Å². The van der Waals surface area contributed by atoms with Gasteiger partial charge in [-0.25, -0.2) is 0 Å². The third kappa shape index (κ3) is 4.37. The first-order valence-corrected chi connectivity index (χ1v) is 21.6. The van der Waals surface area contributed by atoms with Crippen LogP contribution in [0.4, 0.5) is 0 Å². The Morgan fingerprint density at radius 1 is 0.962 bits per heavy atom. The summed E-state index contributed by atoms with van der Waals surface area (Å²) in [5, 5.41) is 9.94. The fourth-order valence-corrected chi connectivity index (χ4v) is 25.6. The summed E-state index contributed by atoms with van der Waals surface area (Å²) in [6, 6.07) is 17.7. The molecule has 0 heterocycles. The van der Waals surface area contributed by atoms with Gasteiger partial charge in [0.15, 0.2) is 0 Å². The molecule has 0 fully saturated rings. The van der Waals surface area contributed by atoms with Crippen LogP contribution in [0.1, 0.15) is 35.5 Å². The van der Waals surface area contributed by atoms with Crippen LogP contribution in [0.25, 0.3) is 11.1 Å². The SMILES string of the molecule is CC(C)(C)[NH][Zr]([CH3])(=[SiH2])([CH2]CO)[CH]1c2ccccc2-c2ccccc21.Cl.Cl. The van der Waals surface area contributed by atoms with Crippen molar-refractivity contribution in [1.29, 1.82) is 0 Å². The van der Waals surface area contributed by atoms with Gasteiger partial charge in [-0.15, -0.1) is 24.8 Å². The minimum atomic E-state index is -3.50. The van der Waals surface area contributed by atoms with Crippen molar-refractivity contribution in [1.82, 2.24) is 3.26 Å². The predicted octanol–water partition coefficient (Wildman–Crippen LogP) is 4.60. The molecule has 0 aliphatic heterocycles. The molecule has 0 saturated carbocycles. The van der Waals surface area contributed by atoms with Crippen molar-refractivity contribution in [2.24, 2.45) is 0 Å². The summed E-state index contributed by atoms with van der Waals surface area (Å²) in [4.78, 5) is 0. The quantitative estimate of drug-likeness (QED) is 0.613. The van der Waals surface area contributed by atoms with Crippen molar-refractivity contribution in [3.63, 3.8) is 0 Å². The van der Waals surface area contributed by atoms with Crippen molar-refractivity contribution in [2.45, 2.75) is 38.7 Å². The van der Waals surface area contributed by atoms with Gasteiger partial charge in [0.2, 0.25) is 0 Å². The van der Waals surface area contributed by atoms with Gasteiger partial charge in [0.1, 0.15) is 0 Å². The summed E-state index contributed by atoms with van der Waals surface area (Å²) in [6.07, 6.45) is 0. The van der Waals surface area contributed by atoms with Gasteiger partial charge >= 0.3 is 149 Å². The number of hydrogen-bond donors (Lipinski definition) is 2. The van der Waals surface area contributed by atoms with Crippen LogP contribution in [0.2, 0.25) is 8.76 Å². The van der Waals surface area contributed by atoms with Crippen LogP contribution >= 0.6 is 24.8 Å². The number of nitrogens with one attached hydrogen (secondary N) is 1. The monoisotopic (exact) mass is 489 g/mol. The standard InChI is InChI=1S/C13H9.C4H10N.C2H5O.CH3.2ClH.H2Si.Zr/c1-3-7-12-10(5-1)9-11-6-2-4-8-13(11)12;1-4(2,3)5;1-2-3;;;;;/h1-9H;5H,1-3H3;3H,1-2H2;1H3;2*1H;1H2;/q;-1;;;;;;+1. The van der Waals surface area contributed by atoms with Crippen molar-refractivity contribution >= 4 is 31.7 Å². The average Bonchev–Trinajstić information content (AvgIpc) is 2.80. The molecule has 2 aromatic carbocycles. The normalized spacial score (nSPS) is 14.1. The minimum absolute atomic E-state index is 0. The van der Waals surface area contributed by atoms with E-state index in [0.29, 0.717) is 3.63 Å². The summed E-state index contributed by atoms with van der Waals surface area (Å²) < 4.78 is 7.91. The van der Waals surface area contributed by atoms with Crippen LogP contribution in [0, 0.1) is 0 Å². The van der Waals surface area contributed by atoms with E-state index in [0.717, 1.165) is 4.13 Å². The van der Waals surface area contributed by atoms with Gasteiger partial charge in [0, 0.05) is 0 Å². The van der Waals surface area contributed by atoms with Crippen LogP contribution < -0.4 is 3.26 Å². The fourth-order valence-electron chi connectivity index (χ4n) is 4.77. The number of aliphatic hydroxyl groups is 1. The number of fused-ring (bicyclic) bond motifs is 3. The second kappa shape index (κ2) is 8.19. The first-order chi connectivity index (χ1) is 11.1. The third-order valence-corrected chi connectivity index (χ3v) is 24.1. The first-order valence-electron chi connectivity index (χ1n) is 8.79. The molecular formula is C20H31Cl2NOSiZr. The second-order valence-electron chi connectivity index (χ2n) is 8.86. The van der Waals surface area contributed by atoms with E-state index < -0.39 is 17.7 Å². The molecule has 0 saturated heterocycles. The molecule has 144 valence electrons. The molecule has 0 radical (unpaired) electrons. The van der Waals surface area contributed by atoms with Gasteiger partial charge in [0.05, 0.1) is 0 Å². The van der Waals surface area contributed by atoms with Crippen molar-refractivity contribution in [3.05, 3.63) is 59.7 Å². The summed E-state index contributed by atoms with van der Waals surface area (Å²) in [5.41, 5.74) is 5.70. The van der Waals surface area contributed by atoms with Crippen molar-refractivity contribution in [2.75, 3.05) is 6.61 Å². The maximum absolute atomic E-state index is 9.94. The van der Waals surface area contributed by atoms with Crippen LogP contribution in [-0.4, -0.2) is 24.1 Å². The second-order valence-corrected chi connectivity index (χ2v) is 35.6. The summed E-state index contributed by atoms with van der Waals surface area (Å²) in [6.45, 7) is 9.22. The van der Waals surface area contributed by atoms with E-state index in [1.54, 1.807) is 0 Å². The molecule has 2 nitrogen and oxygen atoms in total. The molecule has 0 aromatic heterocycles. The molecule has 0 amide bonds. The average molecular weight is 492 g/mol. The van der Waals surface area contributed by atoms with Gasteiger partial charge in [-0.3, -0.25) is 0 Å². The molecule has 3 rings (SSSR count). The van der Waals surface area contributed by atoms with E-state index in [4.69, 9.17) is 0 Å². The van der Waals surface area contributed by atoms with E-state index in [9.17, 15) is 5.11 Å². The Morgan fingerprint density at radius 2 is 1.38 bits per heavy atom. The molecule has 26 heavy (non-hydrogen) atoms. The maximum atomic E-state index is 9.94. The molecule has 0 atom stereocenters. The zero-order chi connectivity index (χ0) is 17.6. The maximum Gasteiger partial charge on any atom is -0.147 e. The number of halogens is 2. The molecule has 2 N–H and O–H groups in total. The Morgan fingerprint density at radius 3 is 1.77 bits per heavy atom. The molecule has 0 bridgehead atoms. The molecule has 1 aliphatic carbocycles. The summed E-state index contributed by atoms with van der Waals surface area (Å²) >= 11 is -3.50. The molecule has 0 unspecified atom stereocenters. The summed E-state index contributed by atoms with van der Waals surface area (Å²) in [5.74, 6) is 0. The Hall–Kier alpha value is 0.0400. The van der Waals surface area contributed by atoms with Crippen LogP contribution in [0.3, 0.4) is 0 Å². The number of benzene rings is 2. The van der Waals surface area contributed by atoms with E-state index in [-0.39, 0.29) is 37.0 Å². The van der Waals surface area contributed by atoms with Crippen LogP contribution in [-0.2, 0) is 17.7 Å². The first kappa shape index (κ1) is 24.1. The molecule has 6 heteroatoms. The Balaban J connectivity index is 0.00000169. The van der Waals surface area contributed by atoms with Crippen LogP contribution in [0.15, 0.2) is 48.5 Å². The van der Waals surface area contributed by atoms with Gasteiger partial charge in [-0.05, 0) is 0 Å². The van der Waals surface area contributed by atoms with E-state index in [2.05, 4.69) is 84.1 Å². The van der Waals surface area contributed by atoms with Gasteiger partial charge in [0.25, 0.3) is 0 Å². The van der Waals surface area contributed by atoms with Gasteiger partial charge < -0.3 is 0 Å². The molecule has 0 spiro atoms. The Bertz CT molecular complexity index is 804. The molecule has 2 aromatic rings. The van der Waals surface area contributed by atoms with Gasteiger partial charge in [-0.1, -0.05) is 0 Å². The smallest absolute Gasteiger partial charge is 0.147 e. The third-order valence-electron chi connectivity index (χ3n) is 5.23. The van der Waals surface area contributed by atoms with Crippen molar-refractivity contribution < 1.29 is 22.8 Å². The summed E-state index contributed by atoms with van der Waals surface area (Å²) in [7, 11) is 0. The Kier molecular flexibility index (Phi) is 7.58. The minimum Gasteiger partial charge on any atom is -0.147 e. The zero-order valence-corrected chi connectivity index (χ0v) is 21.6. The number of aliphatic hydroxyl groups excluding tert-OH is 1. The van der Waals surface area contributed by atoms with E-state index in [1.165, 1.54) is 22.3 Å².